The molecule has 2 unspecified atom stereocenters. The van der Waals surface area contributed by atoms with Crippen molar-refractivity contribution in [1.82, 2.24) is 0 Å². The summed E-state index contributed by atoms with van der Waals surface area (Å²) in [5, 5.41) is 10.8. The third kappa shape index (κ3) is 2.71. The number of hydrogen-bond donors (Lipinski definition) is 1. The Balaban J connectivity index is 2.21. The average Bonchev–Trinajstić information content (AvgIpc) is 2.28. The highest BCUT2D eigenvalue weighted by Gasteiger charge is 2.36. The molecule has 17 heavy (non-hydrogen) atoms. The van der Waals surface area contributed by atoms with E-state index in [0.29, 0.717) is 5.92 Å². The van der Waals surface area contributed by atoms with E-state index < -0.39 is 5.60 Å². The molecule has 0 heterocycles. The normalized spacial score (nSPS) is 29.3. The van der Waals surface area contributed by atoms with Crippen LogP contribution in [0, 0.1) is 19.8 Å². The molecule has 1 aliphatic rings. The van der Waals surface area contributed by atoms with Gasteiger partial charge in [-0.3, -0.25) is 0 Å². The first-order chi connectivity index (χ1) is 8.01. The smallest absolute Gasteiger partial charge is 0.0713 e. The van der Waals surface area contributed by atoms with E-state index in [0.717, 1.165) is 12.8 Å². The van der Waals surface area contributed by atoms with Crippen LogP contribution in [0.25, 0.3) is 0 Å². The first kappa shape index (κ1) is 12.6. The van der Waals surface area contributed by atoms with E-state index in [4.69, 9.17) is 0 Å². The Morgan fingerprint density at radius 2 is 2.06 bits per heavy atom. The summed E-state index contributed by atoms with van der Waals surface area (Å²) in [6.45, 7) is 6.47. The van der Waals surface area contributed by atoms with E-state index in [9.17, 15) is 5.11 Å². The molecule has 0 radical (unpaired) electrons. The summed E-state index contributed by atoms with van der Waals surface area (Å²) in [4.78, 5) is 0. The lowest BCUT2D eigenvalue weighted by Crippen LogP contribution is -2.41. The maximum Gasteiger partial charge on any atom is 0.0713 e. The minimum atomic E-state index is -0.475. The molecule has 0 spiro atoms. The van der Waals surface area contributed by atoms with Crippen LogP contribution >= 0.6 is 0 Å². The molecule has 0 saturated heterocycles. The molecule has 1 aromatic rings. The van der Waals surface area contributed by atoms with Gasteiger partial charge >= 0.3 is 0 Å². The zero-order chi connectivity index (χ0) is 12.5. The van der Waals surface area contributed by atoms with Crippen LogP contribution in [0.5, 0.6) is 0 Å². The number of rotatable bonds is 2. The molecule has 2 rings (SSSR count). The maximum atomic E-state index is 10.8. The van der Waals surface area contributed by atoms with Gasteiger partial charge in [0.25, 0.3) is 0 Å². The lowest BCUT2D eigenvalue weighted by atomic mass is 9.73. The fourth-order valence-electron chi connectivity index (χ4n) is 2.98. The number of aryl methyl sites for hydroxylation is 2. The van der Waals surface area contributed by atoms with Gasteiger partial charge in [0.15, 0.2) is 0 Å². The fraction of sp³-hybridized carbons (Fsp3) is 0.625. The fourth-order valence-corrected chi connectivity index (χ4v) is 2.98. The van der Waals surface area contributed by atoms with Gasteiger partial charge in [0.2, 0.25) is 0 Å². The van der Waals surface area contributed by atoms with Crippen LogP contribution in [-0.2, 0) is 6.42 Å². The summed E-state index contributed by atoms with van der Waals surface area (Å²) in [7, 11) is 0. The molecule has 0 aromatic heterocycles. The third-order valence-corrected chi connectivity index (χ3v) is 4.42. The zero-order valence-electron chi connectivity index (χ0n) is 11.3. The van der Waals surface area contributed by atoms with Crippen molar-refractivity contribution in [2.75, 3.05) is 0 Å². The van der Waals surface area contributed by atoms with Gasteiger partial charge in [0, 0.05) is 6.42 Å². The highest BCUT2D eigenvalue weighted by atomic mass is 16.3. The Bertz CT molecular complexity index is 397. The van der Waals surface area contributed by atoms with Crippen LogP contribution in [0.3, 0.4) is 0 Å². The molecule has 1 saturated carbocycles. The van der Waals surface area contributed by atoms with Crippen LogP contribution in [-0.4, -0.2) is 10.7 Å². The molecule has 1 aromatic carbocycles. The van der Waals surface area contributed by atoms with Crippen molar-refractivity contribution in [1.29, 1.82) is 0 Å². The van der Waals surface area contributed by atoms with Crippen molar-refractivity contribution in [3.63, 3.8) is 0 Å². The summed E-state index contributed by atoms with van der Waals surface area (Å²) in [6, 6.07) is 6.54. The second-order valence-corrected chi connectivity index (χ2v) is 5.86. The predicted octanol–water partition coefficient (Wildman–Crippen LogP) is 3.79. The summed E-state index contributed by atoms with van der Waals surface area (Å²) in [5.74, 6) is 0.427. The Hall–Kier alpha value is -0.820. The topological polar surface area (TPSA) is 20.2 Å². The van der Waals surface area contributed by atoms with Crippen molar-refractivity contribution >= 4 is 0 Å². The molecule has 1 fully saturated rings. The van der Waals surface area contributed by atoms with E-state index in [-0.39, 0.29) is 0 Å². The first-order valence-corrected chi connectivity index (χ1v) is 6.80. The van der Waals surface area contributed by atoms with Crippen molar-refractivity contribution in [2.45, 2.75) is 58.5 Å². The molecule has 94 valence electrons. The van der Waals surface area contributed by atoms with Gasteiger partial charge in [-0.25, -0.2) is 0 Å². The molecule has 1 nitrogen and oxygen atoms in total. The maximum absolute atomic E-state index is 10.8. The highest BCUT2D eigenvalue weighted by molar-refractivity contribution is 5.31. The lowest BCUT2D eigenvalue weighted by Gasteiger charge is -2.38. The van der Waals surface area contributed by atoms with Crippen LogP contribution in [0.15, 0.2) is 18.2 Å². The molecule has 0 bridgehead atoms. The largest absolute Gasteiger partial charge is 0.389 e. The summed E-state index contributed by atoms with van der Waals surface area (Å²) >= 11 is 0. The summed E-state index contributed by atoms with van der Waals surface area (Å²) in [5.41, 5.74) is 3.44. The Labute approximate surface area is 105 Å². The van der Waals surface area contributed by atoms with Crippen molar-refractivity contribution in [3.8, 4) is 0 Å². The van der Waals surface area contributed by atoms with Crippen molar-refractivity contribution in [2.24, 2.45) is 5.92 Å². The Morgan fingerprint density at radius 1 is 1.29 bits per heavy atom. The predicted molar refractivity (Wildman–Crippen MR) is 72.2 cm³/mol. The SMILES string of the molecule is Cc1ccc(C)c(CC2(O)CCCCC2C)c1. The molecule has 2 atom stereocenters. The van der Waals surface area contributed by atoms with E-state index in [1.807, 2.05) is 0 Å². The number of benzene rings is 1. The average molecular weight is 232 g/mol. The monoisotopic (exact) mass is 232 g/mol. The van der Waals surface area contributed by atoms with Gasteiger partial charge in [-0.05, 0) is 43.7 Å². The van der Waals surface area contributed by atoms with Gasteiger partial charge < -0.3 is 5.11 Å². The minimum Gasteiger partial charge on any atom is -0.389 e. The van der Waals surface area contributed by atoms with Gasteiger partial charge in [-0.1, -0.05) is 43.5 Å². The molecule has 1 N–H and O–H groups in total. The quantitative estimate of drug-likeness (QED) is 0.822. The standard InChI is InChI=1S/C16H24O/c1-12-7-8-13(2)15(10-12)11-16(17)9-5-4-6-14(16)3/h7-8,10,14,17H,4-6,9,11H2,1-3H3. The Kier molecular flexibility index (Phi) is 3.58. The van der Waals surface area contributed by atoms with Crippen molar-refractivity contribution in [3.05, 3.63) is 34.9 Å². The van der Waals surface area contributed by atoms with E-state index in [1.165, 1.54) is 36.0 Å². The summed E-state index contributed by atoms with van der Waals surface area (Å²) < 4.78 is 0. The second kappa shape index (κ2) is 4.81. The molecule has 0 aliphatic heterocycles. The molecular formula is C16H24O. The van der Waals surface area contributed by atoms with Crippen LogP contribution in [0.4, 0.5) is 0 Å². The number of aliphatic hydroxyl groups is 1. The molecule has 0 amide bonds. The second-order valence-electron chi connectivity index (χ2n) is 5.86. The highest BCUT2D eigenvalue weighted by Crippen LogP contribution is 2.36. The minimum absolute atomic E-state index is 0.427. The van der Waals surface area contributed by atoms with Gasteiger partial charge in [-0.15, -0.1) is 0 Å². The Morgan fingerprint density at radius 3 is 2.76 bits per heavy atom. The lowest BCUT2D eigenvalue weighted by molar-refractivity contribution is -0.0406. The summed E-state index contributed by atoms with van der Waals surface area (Å²) in [6.07, 6.45) is 5.40. The molecule has 1 aliphatic carbocycles. The van der Waals surface area contributed by atoms with Crippen molar-refractivity contribution < 1.29 is 5.11 Å². The zero-order valence-corrected chi connectivity index (χ0v) is 11.3. The van der Waals surface area contributed by atoms with E-state index in [2.05, 4.69) is 39.0 Å². The van der Waals surface area contributed by atoms with E-state index >= 15 is 0 Å². The first-order valence-electron chi connectivity index (χ1n) is 6.80. The van der Waals surface area contributed by atoms with Gasteiger partial charge in [0.1, 0.15) is 0 Å². The molecule has 1 heteroatoms. The van der Waals surface area contributed by atoms with Gasteiger partial charge in [0.05, 0.1) is 5.60 Å². The van der Waals surface area contributed by atoms with Gasteiger partial charge in [-0.2, -0.15) is 0 Å². The van der Waals surface area contributed by atoms with Crippen LogP contribution in [0.2, 0.25) is 0 Å². The van der Waals surface area contributed by atoms with Crippen LogP contribution < -0.4 is 0 Å². The van der Waals surface area contributed by atoms with Crippen LogP contribution in [0.1, 0.15) is 49.3 Å². The molecular weight excluding hydrogens is 208 g/mol. The van der Waals surface area contributed by atoms with E-state index in [1.54, 1.807) is 0 Å². The number of hydrogen-bond acceptors (Lipinski definition) is 1. The third-order valence-electron chi connectivity index (χ3n) is 4.42.